The van der Waals surface area contributed by atoms with Crippen LogP contribution in [-0.4, -0.2) is 64.1 Å². The number of aromatic nitrogens is 3. The first kappa shape index (κ1) is 27.3. The highest BCUT2D eigenvalue weighted by Gasteiger charge is 2.65. The van der Waals surface area contributed by atoms with Crippen molar-refractivity contribution in [2.45, 2.75) is 88.5 Å². The number of benzene rings is 1. The first-order chi connectivity index (χ1) is 20.5. The SMILES string of the molecule is Cc1cc(N2CC3(CCC3c3cccc(F)c3)C2)cn2nc(C34CC(CO3)C4NCC3(NC(=O)OC(C)(C)C)CC3)nc12. The molecule has 6 aliphatic rings. The molecule has 1 spiro atoms. The third-order valence-electron chi connectivity index (χ3n) is 10.7. The summed E-state index contributed by atoms with van der Waals surface area (Å²) < 4.78 is 27.7. The molecule has 43 heavy (non-hydrogen) atoms. The van der Waals surface area contributed by atoms with E-state index in [0.717, 1.165) is 67.1 Å². The Hall–Kier alpha value is -3.24. The number of ether oxygens (including phenoxy) is 2. The van der Waals surface area contributed by atoms with Crippen LogP contribution in [0.1, 0.15) is 75.7 Å². The molecular formula is C33H41FN6O3. The zero-order chi connectivity index (χ0) is 29.8. The van der Waals surface area contributed by atoms with Crippen molar-refractivity contribution < 1.29 is 18.7 Å². The van der Waals surface area contributed by atoms with Crippen molar-refractivity contribution in [2.75, 3.05) is 31.1 Å². The molecule has 3 aromatic rings. The van der Waals surface area contributed by atoms with Crippen LogP contribution in [0.15, 0.2) is 36.5 Å². The van der Waals surface area contributed by atoms with Gasteiger partial charge in [-0.25, -0.2) is 18.7 Å². The van der Waals surface area contributed by atoms with E-state index in [4.69, 9.17) is 19.6 Å². The number of nitrogens with one attached hydrogen (secondary N) is 2. The van der Waals surface area contributed by atoms with Gasteiger partial charge in [-0.3, -0.25) is 0 Å². The highest BCUT2D eigenvalue weighted by molar-refractivity contribution is 5.69. The van der Waals surface area contributed by atoms with Gasteiger partial charge in [-0.05, 0) is 95.0 Å². The largest absolute Gasteiger partial charge is 0.444 e. The van der Waals surface area contributed by atoms with E-state index in [1.54, 1.807) is 6.07 Å². The first-order valence-corrected chi connectivity index (χ1v) is 15.7. The fourth-order valence-electron chi connectivity index (χ4n) is 8.06. The van der Waals surface area contributed by atoms with Gasteiger partial charge in [0.1, 0.15) is 17.0 Å². The van der Waals surface area contributed by atoms with E-state index in [2.05, 4.69) is 40.8 Å². The zero-order valence-electron chi connectivity index (χ0n) is 25.5. The smallest absolute Gasteiger partial charge is 0.408 e. The maximum Gasteiger partial charge on any atom is 0.408 e. The summed E-state index contributed by atoms with van der Waals surface area (Å²) in [5, 5.41) is 11.8. The maximum atomic E-state index is 13.9. The number of halogens is 1. The van der Waals surface area contributed by atoms with Crippen molar-refractivity contribution in [3.05, 3.63) is 59.3 Å². The molecule has 1 amide bonds. The molecule has 3 aliphatic heterocycles. The summed E-state index contributed by atoms with van der Waals surface area (Å²) in [5.41, 5.74) is 3.11. The van der Waals surface area contributed by atoms with Crippen LogP contribution in [0, 0.1) is 24.1 Å². The Balaban J connectivity index is 0.963. The topological polar surface area (TPSA) is 93.0 Å². The van der Waals surface area contributed by atoms with Crippen molar-refractivity contribution >= 4 is 17.4 Å². The summed E-state index contributed by atoms with van der Waals surface area (Å²) in [6.45, 7) is 11.0. The van der Waals surface area contributed by atoms with Crippen molar-refractivity contribution in [1.82, 2.24) is 25.2 Å². The lowest BCUT2D eigenvalue weighted by atomic mass is 9.53. The molecule has 3 saturated carbocycles. The van der Waals surface area contributed by atoms with Crippen LogP contribution in [0.2, 0.25) is 0 Å². The van der Waals surface area contributed by atoms with Crippen molar-refractivity contribution in [3.63, 3.8) is 0 Å². The number of pyridine rings is 1. The quantitative estimate of drug-likeness (QED) is 0.409. The lowest BCUT2D eigenvalue weighted by Crippen LogP contribution is -2.63. The number of carbonyl (C=O) groups excluding carboxylic acids is 1. The molecule has 9 rings (SSSR count). The second kappa shape index (κ2) is 9.14. The van der Waals surface area contributed by atoms with Gasteiger partial charge in [0, 0.05) is 37.0 Å². The number of hydrogen-bond acceptors (Lipinski definition) is 7. The summed E-state index contributed by atoms with van der Waals surface area (Å²) >= 11 is 0. The Morgan fingerprint density at radius 1 is 1.21 bits per heavy atom. The highest BCUT2D eigenvalue weighted by Crippen LogP contribution is 2.59. The molecular weight excluding hydrogens is 547 g/mol. The van der Waals surface area contributed by atoms with Gasteiger partial charge in [0.25, 0.3) is 0 Å². The number of fused-ring (bicyclic) bond motifs is 2. The summed E-state index contributed by atoms with van der Waals surface area (Å²) in [5.74, 6) is 1.41. The summed E-state index contributed by atoms with van der Waals surface area (Å²) in [6, 6.07) is 9.46. The van der Waals surface area contributed by atoms with Crippen LogP contribution < -0.4 is 15.5 Å². The lowest BCUT2D eigenvalue weighted by molar-refractivity contribution is -0.0424. The molecule has 4 atom stereocenters. The predicted octanol–water partition coefficient (Wildman–Crippen LogP) is 4.82. The summed E-state index contributed by atoms with van der Waals surface area (Å²) in [6.07, 6.45) is 6.80. The van der Waals surface area contributed by atoms with Gasteiger partial charge < -0.3 is 25.0 Å². The maximum absolute atomic E-state index is 13.9. The third-order valence-corrected chi connectivity index (χ3v) is 10.7. The first-order valence-electron chi connectivity index (χ1n) is 15.7. The Labute approximate surface area is 251 Å². The number of carbonyl (C=O) groups is 1. The molecule has 3 saturated heterocycles. The molecule has 9 nitrogen and oxygen atoms in total. The van der Waals surface area contributed by atoms with Crippen LogP contribution in [0.5, 0.6) is 0 Å². The fourth-order valence-corrected chi connectivity index (χ4v) is 8.06. The van der Waals surface area contributed by atoms with Gasteiger partial charge in [0.05, 0.1) is 24.0 Å². The van der Waals surface area contributed by atoms with E-state index in [9.17, 15) is 9.18 Å². The predicted molar refractivity (Wildman–Crippen MR) is 160 cm³/mol. The molecule has 1 aromatic carbocycles. The van der Waals surface area contributed by atoms with Crippen LogP contribution in [0.4, 0.5) is 14.9 Å². The number of aryl methyl sites for hydroxylation is 1. The van der Waals surface area contributed by atoms with Crippen LogP contribution >= 0.6 is 0 Å². The van der Waals surface area contributed by atoms with Crippen LogP contribution in [-0.2, 0) is 15.1 Å². The van der Waals surface area contributed by atoms with E-state index in [1.165, 1.54) is 12.5 Å². The van der Waals surface area contributed by atoms with Crippen LogP contribution in [0.25, 0.3) is 5.65 Å². The molecule has 10 heteroatoms. The molecule has 2 N–H and O–H groups in total. The minimum atomic E-state index is -0.545. The zero-order valence-corrected chi connectivity index (χ0v) is 25.5. The molecule has 4 unspecified atom stereocenters. The fraction of sp³-hybridized carbons (Fsp3) is 0.606. The molecule has 0 radical (unpaired) electrons. The average molecular weight is 589 g/mol. The van der Waals surface area contributed by atoms with Gasteiger partial charge in [-0.2, -0.15) is 0 Å². The normalized spacial score (nSPS) is 29.6. The molecule has 5 heterocycles. The standard InChI is InChI=1S/C33H41FN6O3/c1-20-12-24(39-18-31(19-39)9-8-25(31)21-6-5-7-23(34)13-21)15-40-27(20)36-28(38-40)33-14-22(16-42-33)26(33)35-17-32(10-11-32)37-29(41)43-30(2,3)4/h5-7,12-13,15,22,25-26,35H,8-11,14,16-19H2,1-4H3,(H,37,41). The number of nitrogens with zero attached hydrogens (tertiary/aromatic N) is 4. The van der Waals surface area contributed by atoms with Gasteiger partial charge in [0.15, 0.2) is 11.5 Å². The lowest BCUT2D eigenvalue weighted by Gasteiger charge is -2.61. The van der Waals surface area contributed by atoms with Crippen molar-refractivity contribution in [2.24, 2.45) is 11.3 Å². The van der Waals surface area contributed by atoms with Crippen LogP contribution in [0.3, 0.4) is 0 Å². The number of hydrogen-bond donors (Lipinski definition) is 2. The number of rotatable bonds is 7. The molecule has 2 bridgehead atoms. The highest BCUT2D eigenvalue weighted by atomic mass is 19.1. The Kier molecular flexibility index (Phi) is 5.81. The summed E-state index contributed by atoms with van der Waals surface area (Å²) in [4.78, 5) is 19.8. The third kappa shape index (κ3) is 4.43. The van der Waals surface area contributed by atoms with E-state index < -0.39 is 11.2 Å². The minimum absolute atomic E-state index is 0.108. The Morgan fingerprint density at radius 3 is 2.70 bits per heavy atom. The minimum Gasteiger partial charge on any atom is -0.444 e. The van der Waals surface area contributed by atoms with Crippen molar-refractivity contribution in [3.8, 4) is 0 Å². The van der Waals surface area contributed by atoms with E-state index >= 15 is 0 Å². The second-order valence-corrected chi connectivity index (χ2v) is 14.9. The Morgan fingerprint density at radius 2 is 2.02 bits per heavy atom. The number of alkyl carbamates (subject to hydrolysis) is 1. The van der Waals surface area contributed by atoms with Gasteiger partial charge >= 0.3 is 6.09 Å². The molecule has 2 aromatic heterocycles. The van der Waals surface area contributed by atoms with E-state index in [-0.39, 0.29) is 28.9 Å². The average Bonchev–Trinajstić information content (AvgIpc) is 3.22. The van der Waals surface area contributed by atoms with E-state index in [0.29, 0.717) is 25.0 Å². The van der Waals surface area contributed by atoms with Gasteiger partial charge in [-0.1, -0.05) is 12.1 Å². The van der Waals surface area contributed by atoms with Gasteiger partial charge in [0.2, 0.25) is 0 Å². The molecule has 6 fully saturated rings. The van der Waals surface area contributed by atoms with E-state index in [1.807, 2.05) is 31.4 Å². The monoisotopic (exact) mass is 588 g/mol. The number of anilines is 1. The molecule has 228 valence electrons. The number of amides is 1. The summed E-state index contributed by atoms with van der Waals surface area (Å²) in [7, 11) is 0. The van der Waals surface area contributed by atoms with Gasteiger partial charge in [-0.15, -0.1) is 5.10 Å². The molecule has 3 aliphatic carbocycles. The Bertz CT molecular complexity index is 1600. The second-order valence-electron chi connectivity index (χ2n) is 14.9. The van der Waals surface area contributed by atoms with Crippen molar-refractivity contribution in [1.29, 1.82) is 0 Å².